The summed E-state index contributed by atoms with van der Waals surface area (Å²) in [7, 11) is 1.51. The molecular weight excluding hydrogens is 340 g/mol. The minimum absolute atomic E-state index is 0.0792. The fraction of sp³-hybridized carbons (Fsp3) is 0.0526. The summed E-state index contributed by atoms with van der Waals surface area (Å²) in [4.78, 5) is 16.4. The number of methoxy groups -OCH3 is 1. The van der Waals surface area contributed by atoms with E-state index in [1.165, 1.54) is 31.6 Å². The maximum absolute atomic E-state index is 13.8. The molecule has 132 valence electrons. The van der Waals surface area contributed by atoms with Gasteiger partial charge in [0.25, 0.3) is 5.91 Å². The Bertz CT molecular complexity index is 948. The Labute approximate surface area is 148 Å². The quantitative estimate of drug-likeness (QED) is 0.714. The van der Waals surface area contributed by atoms with Crippen LogP contribution in [0.3, 0.4) is 0 Å². The van der Waals surface area contributed by atoms with Crippen LogP contribution in [0.15, 0.2) is 60.9 Å². The van der Waals surface area contributed by atoms with E-state index in [9.17, 15) is 13.6 Å². The third-order valence-corrected chi connectivity index (χ3v) is 3.57. The van der Waals surface area contributed by atoms with E-state index < -0.39 is 17.5 Å². The predicted octanol–water partition coefficient (Wildman–Crippen LogP) is 4.36. The molecule has 2 N–H and O–H groups in total. The van der Waals surface area contributed by atoms with Crippen molar-refractivity contribution in [2.24, 2.45) is 0 Å². The average molecular weight is 355 g/mol. The van der Waals surface area contributed by atoms with E-state index in [0.29, 0.717) is 17.1 Å². The molecule has 2 aromatic carbocycles. The van der Waals surface area contributed by atoms with Crippen LogP contribution >= 0.6 is 0 Å². The highest BCUT2D eigenvalue weighted by Crippen LogP contribution is 2.24. The lowest BCUT2D eigenvalue weighted by molar-refractivity contribution is 0.102. The number of nitrogens with one attached hydrogen (secondary N) is 2. The van der Waals surface area contributed by atoms with Crippen LogP contribution < -0.4 is 15.4 Å². The molecular formula is C19H15F2N3O2. The molecule has 0 bridgehead atoms. The first kappa shape index (κ1) is 17.3. The molecule has 1 heterocycles. The lowest BCUT2D eigenvalue weighted by Gasteiger charge is -2.11. The summed E-state index contributed by atoms with van der Waals surface area (Å²) in [6, 6.07) is 11.7. The summed E-state index contributed by atoms with van der Waals surface area (Å²) in [5.41, 5.74) is 1.25. The van der Waals surface area contributed by atoms with Crippen LogP contribution in [0, 0.1) is 11.6 Å². The minimum atomic E-state index is -0.742. The third kappa shape index (κ3) is 3.94. The fourth-order valence-corrected chi connectivity index (χ4v) is 2.32. The maximum atomic E-state index is 13.8. The second-order valence-corrected chi connectivity index (χ2v) is 5.37. The summed E-state index contributed by atoms with van der Waals surface area (Å²) in [6.45, 7) is 0. The molecule has 0 radical (unpaired) electrons. The predicted molar refractivity (Wildman–Crippen MR) is 94.8 cm³/mol. The third-order valence-electron chi connectivity index (χ3n) is 3.57. The smallest absolute Gasteiger partial charge is 0.257 e. The molecule has 3 aromatic rings. The van der Waals surface area contributed by atoms with E-state index in [2.05, 4.69) is 15.6 Å². The van der Waals surface area contributed by atoms with Gasteiger partial charge in [0.2, 0.25) is 0 Å². The number of hydrogen-bond donors (Lipinski definition) is 2. The first-order chi connectivity index (χ1) is 12.6. The lowest BCUT2D eigenvalue weighted by Crippen LogP contribution is -2.13. The van der Waals surface area contributed by atoms with Gasteiger partial charge in [-0.05, 0) is 30.3 Å². The second-order valence-electron chi connectivity index (χ2n) is 5.37. The number of halogens is 2. The fourth-order valence-electron chi connectivity index (χ4n) is 2.32. The van der Waals surface area contributed by atoms with Gasteiger partial charge in [-0.3, -0.25) is 9.78 Å². The monoisotopic (exact) mass is 355 g/mol. The summed E-state index contributed by atoms with van der Waals surface area (Å²) in [6.07, 6.45) is 2.82. The van der Waals surface area contributed by atoms with Crippen molar-refractivity contribution in [1.29, 1.82) is 0 Å². The summed E-state index contributed by atoms with van der Waals surface area (Å²) in [5, 5.41) is 5.50. The average Bonchev–Trinajstić information content (AvgIpc) is 2.65. The Balaban J connectivity index is 1.79. The number of anilines is 3. The van der Waals surface area contributed by atoms with Crippen LogP contribution in [-0.4, -0.2) is 18.0 Å². The molecule has 3 rings (SSSR count). The minimum Gasteiger partial charge on any atom is -0.495 e. The van der Waals surface area contributed by atoms with Gasteiger partial charge < -0.3 is 15.4 Å². The largest absolute Gasteiger partial charge is 0.495 e. The highest BCUT2D eigenvalue weighted by molar-refractivity contribution is 6.05. The zero-order valence-electron chi connectivity index (χ0n) is 13.8. The molecule has 0 atom stereocenters. The Morgan fingerprint density at radius 1 is 1.04 bits per heavy atom. The molecule has 1 amide bonds. The number of aromatic nitrogens is 1. The van der Waals surface area contributed by atoms with Gasteiger partial charge in [0.1, 0.15) is 17.4 Å². The molecule has 26 heavy (non-hydrogen) atoms. The molecule has 5 nitrogen and oxygen atoms in total. The van der Waals surface area contributed by atoms with E-state index in [-0.39, 0.29) is 11.3 Å². The topological polar surface area (TPSA) is 63.2 Å². The molecule has 0 aliphatic heterocycles. The van der Waals surface area contributed by atoms with E-state index in [1.807, 2.05) is 0 Å². The zero-order chi connectivity index (χ0) is 18.5. The van der Waals surface area contributed by atoms with E-state index >= 15 is 0 Å². The van der Waals surface area contributed by atoms with Gasteiger partial charge in [0.15, 0.2) is 0 Å². The molecule has 1 aromatic heterocycles. The van der Waals surface area contributed by atoms with Gasteiger partial charge in [-0.25, -0.2) is 8.78 Å². The molecule has 0 unspecified atom stereocenters. The van der Waals surface area contributed by atoms with Gasteiger partial charge >= 0.3 is 0 Å². The summed E-state index contributed by atoms with van der Waals surface area (Å²) < 4.78 is 31.9. The van der Waals surface area contributed by atoms with Crippen molar-refractivity contribution in [2.75, 3.05) is 17.7 Å². The Hall–Kier alpha value is -3.48. The van der Waals surface area contributed by atoms with Gasteiger partial charge in [-0.1, -0.05) is 12.1 Å². The Morgan fingerprint density at radius 2 is 1.85 bits per heavy atom. The van der Waals surface area contributed by atoms with Crippen molar-refractivity contribution in [3.63, 3.8) is 0 Å². The summed E-state index contributed by atoms with van der Waals surface area (Å²) >= 11 is 0. The number of carbonyl (C=O) groups is 1. The number of rotatable bonds is 5. The van der Waals surface area contributed by atoms with Gasteiger partial charge in [-0.2, -0.15) is 0 Å². The van der Waals surface area contributed by atoms with Crippen LogP contribution in [-0.2, 0) is 0 Å². The Morgan fingerprint density at radius 3 is 2.62 bits per heavy atom. The van der Waals surface area contributed by atoms with Gasteiger partial charge in [0.05, 0.1) is 35.9 Å². The number of amides is 1. The van der Waals surface area contributed by atoms with Crippen LogP contribution in [0.4, 0.5) is 25.8 Å². The maximum Gasteiger partial charge on any atom is 0.257 e. The zero-order valence-corrected chi connectivity index (χ0v) is 13.8. The number of carbonyl (C=O) groups excluding carboxylic acids is 1. The Kier molecular flexibility index (Phi) is 5.07. The number of pyridine rings is 1. The van der Waals surface area contributed by atoms with Crippen molar-refractivity contribution < 1.29 is 18.3 Å². The van der Waals surface area contributed by atoms with Crippen LogP contribution in [0.2, 0.25) is 0 Å². The molecule has 0 aliphatic rings. The lowest BCUT2D eigenvalue weighted by atomic mass is 10.2. The van der Waals surface area contributed by atoms with E-state index in [0.717, 1.165) is 12.1 Å². The number of benzene rings is 2. The molecule has 0 saturated heterocycles. The number of hydrogen-bond acceptors (Lipinski definition) is 4. The van der Waals surface area contributed by atoms with Gasteiger partial charge in [0, 0.05) is 12.3 Å². The SMILES string of the molecule is COc1ccccc1NC(=O)c1cncc(Nc2ccc(F)cc2F)c1. The second kappa shape index (κ2) is 7.60. The van der Waals surface area contributed by atoms with Crippen molar-refractivity contribution >= 4 is 23.0 Å². The normalized spacial score (nSPS) is 10.3. The van der Waals surface area contributed by atoms with Crippen molar-refractivity contribution in [3.8, 4) is 5.75 Å². The number of nitrogens with zero attached hydrogens (tertiary/aromatic N) is 1. The molecule has 0 spiro atoms. The van der Waals surface area contributed by atoms with Crippen LogP contribution in [0.25, 0.3) is 0 Å². The first-order valence-electron chi connectivity index (χ1n) is 7.68. The van der Waals surface area contributed by atoms with Crippen molar-refractivity contribution in [2.45, 2.75) is 0 Å². The number of para-hydroxylation sites is 2. The van der Waals surface area contributed by atoms with Crippen molar-refractivity contribution in [1.82, 2.24) is 4.98 Å². The van der Waals surface area contributed by atoms with Crippen LogP contribution in [0.5, 0.6) is 5.75 Å². The van der Waals surface area contributed by atoms with E-state index in [4.69, 9.17) is 4.74 Å². The highest BCUT2D eigenvalue weighted by atomic mass is 19.1. The highest BCUT2D eigenvalue weighted by Gasteiger charge is 2.11. The van der Waals surface area contributed by atoms with Crippen molar-refractivity contribution in [3.05, 3.63) is 78.1 Å². The van der Waals surface area contributed by atoms with Crippen LogP contribution in [0.1, 0.15) is 10.4 Å². The van der Waals surface area contributed by atoms with Gasteiger partial charge in [-0.15, -0.1) is 0 Å². The standard InChI is InChI=1S/C19H15F2N3O2/c1-26-18-5-3-2-4-17(18)24-19(25)12-8-14(11-22-10-12)23-16-7-6-13(20)9-15(16)21/h2-11,23H,1H3,(H,24,25). The number of ether oxygens (including phenoxy) is 1. The molecule has 7 heteroatoms. The first-order valence-corrected chi connectivity index (χ1v) is 7.68. The molecule has 0 aliphatic carbocycles. The summed E-state index contributed by atoms with van der Waals surface area (Å²) in [5.74, 6) is -1.29. The van der Waals surface area contributed by atoms with E-state index in [1.54, 1.807) is 24.3 Å². The molecule has 0 fully saturated rings. The molecule has 0 saturated carbocycles.